The summed E-state index contributed by atoms with van der Waals surface area (Å²) in [5.41, 5.74) is 2.65. The van der Waals surface area contributed by atoms with Crippen LogP contribution in [-0.4, -0.2) is 16.6 Å². The van der Waals surface area contributed by atoms with Gasteiger partial charge in [-0.05, 0) is 26.0 Å². The average Bonchev–Trinajstić information content (AvgIpc) is 2.78. The molecule has 3 heteroatoms. The third kappa shape index (κ3) is 2.99. The van der Waals surface area contributed by atoms with Crippen molar-refractivity contribution >= 4 is 0 Å². The Morgan fingerprint density at radius 2 is 2.00 bits per heavy atom. The van der Waals surface area contributed by atoms with Crippen molar-refractivity contribution < 1.29 is 0 Å². The molecule has 1 N–H and O–H groups in total. The smallest absolute Gasteiger partial charge is 0.108 e. The fourth-order valence-electron chi connectivity index (χ4n) is 2.19. The van der Waals surface area contributed by atoms with Crippen molar-refractivity contribution in [3.8, 4) is 0 Å². The lowest BCUT2D eigenvalue weighted by molar-refractivity contribution is 0.536. The first-order valence-electron chi connectivity index (χ1n) is 6.40. The highest BCUT2D eigenvalue weighted by Crippen LogP contribution is 2.18. The van der Waals surface area contributed by atoms with Crippen LogP contribution in [0.15, 0.2) is 36.7 Å². The van der Waals surface area contributed by atoms with E-state index in [4.69, 9.17) is 0 Å². The molecule has 0 aliphatic rings. The van der Waals surface area contributed by atoms with Crippen LogP contribution in [0.5, 0.6) is 0 Å². The highest BCUT2D eigenvalue weighted by molar-refractivity contribution is 5.24. The van der Waals surface area contributed by atoms with E-state index in [0.717, 1.165) is 18.7 Å². The van der Waals surface area contributed by atoms with Gasteiger partial charge in [0.05, 0.1) is 0 Å². The Kier molecular flexibility index (Phi) is 4.15. The molecular weight excluding hydrogens is 222 g/mol. The molecule has 0 bridgehead atoms. The lowest BCUT2D eigenvalue weighted by atomic mass is 10.0. The van der Waals surface area contributed by atoms with Crippen molar-refractivity contribution in [1.29, 1.82) is 0 Å². The number of aryl methyl sites for hydroxylation is 3. The molecule has 1 heterocycles. The van der Waals surface area contributed by atoms with E-state index < -0.39 is 0 Å². The molecule has 0 spiro atoms. The zero-order chi connectivity index (χ0) is 13.0. The normalized spacial score (nSPS) is 12.6. The highest BCUT2D eigenvalue weighted by Gasteiger charge is 2.10. The Labute approximate surface area is 109 Å². The van der Waals surface area contributed by atoms with Gasteiger partial charge in [-0.15, -0.1) is 0 Å². The first-order valence-corrected chi connectivity index (χ1v) is 6.40. The summed E-state index contributed by atoms with van der Waals surface area (Å²) in [5, 5.41) is 3.38. The van der Waals surface area contributed by atoms with Crippen molar-refractivity contribution in [2.75, 3.05) is 7.05 Å². The minimum atomic E-state index is 0.391. The zero-order valence-electron chi connectivity index (χ0n) is 11.4. The van der Waals surface area contributed by atoms with Gasteiger partial charge in [-0.3, -0.25) is 0 Å². The summed E-state index contributed by atoms with van der Waals surface area (Å²) in [5.74, 6) is 1.14. The van der Waals surface area contributed by atoms with Crippen molar-refractivity contribution in [2.24, 2.45) is 7.05 Å². The molecule has 18 heavy (non-hydrogen) atoms. The summed E-state index contributed by atoms with van der Waals surface area (Å²) < 4.78 is 2.09. The summed E-state index contributed by atoms with van der Waals surface area (Å²) >= 11 is 0. The number of nitrogens with zero attached hydrogens (tertiary/aromatic N) is 2. The van der Waals surface area contributed by atoms with E-state index in [9.17, 15) is 0 Å². The van der Waals surface area contributed by atoms with Gasteiger partial charge in [0.2, 0.25) is 0 Å². The molecule has 1 aromatic carbocycles. The summed E-state index contributed by atoms with van der Waals surface area (Å²) in [6.45, 7) is 2.12. The minimum absolute atomic E-state index is 0.391. The van der Waals surface area contributed by atoms with Crippen LogP contribution in [-0.2, 0) is 13.5 Å². The Balaban J connectivity index is 2.01. The third-order valence-corrected chi connectivity index (χ3v) is 3.41. The fourth-order valence-corrected chi connectivity index (χ4v) is 2.19. The number of imidazole rings is 1. The number of nitrogens with one attached hydrogen (secondary N) is 1. The van der Waals surface area contributed by atoms with Gasteiger partial charge in [-0.1, -0.05) is 29.8 Å². The van der Waals surface area contributed by atoms with Crippen LogP contribution in [0.4, 0.5) is 0 Å². The molecule has 1 unspecified atom stereocenters. The fraction of sp³-hybridized carbons (Fsp3) is 0.400. The number of hydrogen-bond acceptors (Lipinski definition) is 2. The van der Waals surface area contributed by atoms with Crippen LogP contribution < -0.4 is 5.32 Å². The van der Waals surface area contributed by atoms with Gasteiger partial charge in [-0.25, -0.2) is 4.98 Å². The van der Waals surface area contributed by atoms with E-state index >= 15 is 0 Å². The quantitative estimate of drug-likeness (QED) is 0.875. The second-order valence-corrected chi connectivity index (χ2v) is 4.74. The second kappa shape index (κ2) is 5.83. The van der Waals surface area contributed by atoms with Crippen LogP contribution in [0.1, 0.15) is 29.4 Å². The van der Waals surface area contributed by atoms with Crippen LogP contribution in [0, 0.1) is 6.92 Å². The number of hydrogen-bond donors (Lipinski definition) is 1. The summed E-state index contributed by atoms with van der Waals surface area (Å²) in [6.07, 6.45) is 5.90. The van der Waals surface area contributed by atoms with E-state index in [-0.39, 0.29) is 0 Å². The molecule has 0 saturated carbocycles. The molecule has 1 atom stereocenters. The lowest BCUT2D eigenvalue weighted by Crippen LogP contribution is -2.17. The van der Waals surface area contributed by atoms with Gasteiger partial charge in [0.25, 0.3) is 0 Å². The number of rotatable bonds is 5. The first kappa shape index (κ1) is 12.8. The van der Waals surface area contributed by atoms with Crippen molar-refractivity contribution in [1.82, 2.24) is 14.9 Å². The molecular formula is C15H21N3. The second-order valence-electron chi connectivity index (χ2n) is 4.74. The van der Waals surface area contributed by atoms with Gasteiger partial charge in [0, 0.05) is 31.9 Å². The Hall–Kier alpha value is -1.61. The minimum Gasteiger partial charge on any atom is -0.338 e. The summed E-state index contributed by atoms with van der Waals surface area (Å²) in [6, 6.07) is 9.13. The topological polar surface area (TPSA) is 29.9 Å². The lowest BCUT2D eigenvalue weighted by Gasteiger charge is -2.16. The summed E-state index contributed by atoms with van der Waals surface area (Å²) in [7, 11) is 4.06. The van der Waals surface area contributed by atoms with Gasteiger partial charge < -0.3 is 9.88 Å². The molecule has 3 nitrogen and oxygen atoms in total. The van der Waals surface area contributed by atoms with Crippen LogP contribution in [0.3, 0.4) is 0 Å². The monoisotopic (exact) mass is 243 g/mol. The maximum Gasteiger partial charge on any atom is 0.108 e. The molecule has 96 valence electrons. The van der Waals surface area contributed by atoms with E-state index in [1.54, 1.807) is 0 Å². The number of benzene rings is 1. The molecule has 2 aromatic rings. The average molecular weight is 243 g/mol. The molecule has 0 aliphatic carbocycles. The summed E-state index contributed by atoms with van der Waals surface area (Å²) in [4.78, 5) is 4.37. The predicted octanol–water partition coefficient (Wildman–Crippen LogP) is 2.62. The maximum absolute atomic E-state index is 4.37. The molecule has 0 fully saturated rings. The Morgan fingerprint density at radius 1 is 1.28 bits per heavy atom. The maximum atomic E-state index is 4.37. The predicted molar refractivity (Wildman–Crippen MR) is 74.5 cm³/mol. The van der Waals surface area contributed by atoms with Gasteiger partial charge in [-0.2, -0.15) is 0 Å². The largest absolute Gasteiger partial charge is 0.338 e. The first-order chi connectivity index (χ1) is 8.70. The van der Waals surface area contributed by atoms with E-state index in [1.165, 1.54) is 11.1 Å². The highest BCUT2D eigenvalue weighted by atomic mass is 15.0. The Bertz CT molecular complexity index is 485. The zero-order valence-corrected chi connectivity index (χ0v) is 11.4. The molecule has 0 amide bonds. The molecule has 2 rings (SSSR count). The molecule has 0 radical (unpaired) electrons. The SMILES string of the molecule is CNC(CCc1nccn1C)c1ccc(C)cc1. The van der Waals surface area contributed by atoms with E-state index in [0.29, 0.717) is 6.04 Å². The van der Waals surface area contributed by atoms with E-state index in [2.05, 4.69) is 46.1 Å². The van der Waals surface area contributed by atoms with Gasteiger partial charge >= 0.3 is 0 Å². The van der Waals surface area contributed by atoms with Crippen molar-refractivity contribution in [3.05, 3.63) is 53.6 Å². The van der Waals surface area contributed by atoms with Gasteiger partial charge in [0.15, 0.2) is 0 Å². The third-order valence-electron chi connectivity index (χ3n) is 3.41. The standard InChI is InChI=1S/C15H21N3/c1-12-4-6-13(7-5-12)14(16-2)8-9-15-17-10-11-18(15)3/h4-7,10-11,14,16H,8-9H2,1-3H3. The van der Waals surface area contributed by atoms with Crippen LogP contribution >= 0.6 is 0 Å². The Morgan fingerprint density at radius 3 is 2.56 bits per heavy atom. The molecule has 0 saturated heterocycles. The van der Waals surface area contributed by atoms with Crippen molar-refractivity contribution in [2.45, 2.75) is 25.8 Å². The van der Waals surface area contributed by atoms with Crippen LogP contribution in [0.25, 0.3) is 0 Å². The van der Waals surface area contributed by atoms with Crippen LogP contribution in [0.2, 0.25) is 0 Å². The molecule has 1 aromatic heterocycles. The van der Waals surface area contributed by atoms with Crippen molar-refractivity contribution in [3.63, 3.8) is 0 Å². The van der Waals surface area contributed by atoms with Gasteiger partial charge in [0.1, 0.15) is 5.82 Å². The molecule has 0 aliphatic heterocycles. The number of aromatic nitrogens is 2. The van der Waals surface area contributed by atoms with E-state index in [1.807, 2.05) is 26.5 Å².